The second kappa shape index (κ2) is 27.7. The summed E-state index contributed by atoms with van der Waals surface area (Å²) in [5.74, 6) is -71.4. The number of rotatable bonds is 11. The molecule has 85 heavy (non-hydrogen) atoms. The first kappa shape index (κ1) is 65.2. The third-order valence-corrected chi connectivity index (χ3v) is 14.2. The molecule has 1 aromatic heterocycles. The second-order valence-electron chi connectivity index (χ2n) is 18.5. The van der Waals surface area contributed by atoms with Gasteiger partial charge in [0.05, 0.1) is 19.6 Å². The van der Waals surface area contributed by atoms with E-state index in [9.17, 15) is 52.7 Å². The number of benzene rings is 8. The average Bonchev–Trinajstić information content (AvgIpc) is 0.856. The predicted molar refractivity (Wildman–Crippen MR) is 280 cm³/mol. The lowest BCUT2D eigenvalue weighted by molar-refractivity contribution is -0.894. The van der Waals surface area contributed by atoms with Crippen LogP contribution in [0.3, 0.4) is 0 Å². The zero-order valence-electron chi connectivity index (χ0n) is 44.1. The zero-order chi connectivity index (χ0) is 62.8. The number of H-pyrrole nitrogens is 1. The quantitative estimate of drug-likeness (QED) is 0.0598. The molecular weight excluding hydrogens is 1160 g/mol. The molecule has 9 aromatic rings. The lowest BCUT2D eigenvalue weighted by Gasteiger charge is -2.44. The van der Waals surface area contributed by atoms with E-state index in [4.69, 9.17) is 5.26 Å². The Morgan fingerprint density at radius 2 is 0.494 bits per heavy atom. The lowest BCUT2D eigenvalue weighted by atomic mass is 9.12. The average molecular weight is 1210 g/mol. The van der Waals surface area contributed by atoms with Gasteiger partial charge >= 0.3 is 0 Å². The van der Waals surface area contributed by atoms with Gasteiger partial charge in [0.2, 0.25) is 0 Å². The Balaban J connectivity index is 0.000000238. The molecule has 0 radical (unpaired) electrons. The van der Waals surface area contributed by atoms with E-state index in [2.05, 4.69) is 147 Å². The maximum absolute atomic E-state index is 15.4. The summed E-state index contributed by atoms with van der Waals surface area (Å²) in [6.45, 7) is 10.5. The standard InChI is InChI=1S/C24BF20.C24H20B.C6H4N2.C6H15N/c26-5-1(6(27)14(35)21(42)13(5)34)25(2-7(28)15(36)22(43)16(37)8(2)29,3-9(30)17(38)23(44)18(39)10(3)31)4-11(32)19(40)24(45)20(41)12(4)33;1-5-13-21(14-6-1)25(22-15-7-2-8-16-22,23-17-9-3-10-18-23)24-19-11-4-12-20-24;7-5-6-3-1-2-4-8-6;1-4-7(5-2)6-3/h;1-20H;1-4H;4-6H2,1-3H3/q2*-1;;/p+2. The van der Waals surface area contributed by atoms with Gasteiger partial charge in [0.25, 0.3) is 5.69 Å². The highest BCUT2D eigenvalue weighted by atomic mass is 19.2. The minimum Gasteiger partial charge on any atom is -0.336 e. The third-order valence-electron chi connectivity index (χ3n) is 14.2. The van der Waals surface area contributed by atoms with E-state index in [1.54, 1.807) is 17.2 Å². The van der Waals surface area contributed by atoms with Crippen LogP contribution in [-0.4, -0.2) is 31.9 Å². The van der Waals surface area contributed by atoms with E-state index >= 15 is 35.1 Å². The number of hydrogen-bond donors (Lipinski definition) is 1. The van der Waals surface area contributed by atoms with Crippen molar-refractivity contribution < 1.29 is 97.7 Å². The van der Waals surface area contributed by atoms with Crippen molar-refractivity contribution in [3.05, 3.63) is 268 Å². The number of halogens is 20. The Kier molecular flexibility index (Phi) is 21.2. The minimum atomic E-state index is -7.22. The topological polar surface area (TPSA) is 42.4 Å². The highest BCUT2D eigenvalue weighted by Crippen LogP contribution is 2.31. The van der Waals surface area contributed by atoms with Crippen LogP contribution in [-0.2, 0) is 0 Å². The van der Waals surface area contributed by atoms with Crippen LogP contribution in [0.15, 0.2) is 146 Å². The predicted octanol–water partition coefficient (Wildman–Crippen LogP) is 9.21. The maximum Gasteiger partial charge on any atom is 0.281 e. The van der Waals surface area contributed by atoms with E-state index in [0.29, 0.717) is 5.69 Å². The lowest BCUT2D eigenvalue weighted by Crippen LogP contribution is -3.11. The second-order valence-corrected chi connectivity index (χ2v) is 18.5. The van der Waals surface area contributed by atoms with Crippen LogP contribution in [0.4, 0.5) is 87.8 Å². The molecule has 0 unspecified atom stereocenters. The van der Waals surface area contributed by atoms with Gasteiger partial charge in [-0.15, -0.1) is 21.9 Å². The first-order valence-electron chi connectivity index (χ1n) is 25.2. The van der Waals surface area contributed by atoms with E-state index in [0.717, 1.165) is 0 Å². The Bertz CT molecular complexity index is 3310. The van der Waals surface area contributed by atoms with Gasteiger partial charge in [-0.05, 0) is 26.8 Å². The number of hydrogen-bond acceptors (Lipinski definition) is 1. The molecule has 0 fully saturated rings. The van der Waals surface area contributed by atoms with Crippen LogP contribution in [0.1, 0.15) is 26.5 Å². The zero-order valence-corrected chi connectivity index (χ0v) is 44.1. The number of pyridine rings is 1. The molecule has 0 saturated carbocycles. The van der Waals surface area contributed by atoms with Gasteiger partial charge in [-0.25, -0.2) is 92.8 Å². The maximum atomic E-state index is 15.4. The Labute approximate surface area is 471 Å². The first-order chi connectivity index (χ1) is 40.4. The van der Waals surface area contributed by atoms with Crippen molar-refractivity contribution in [1.82, 2.24) is 0 Å². The highest BCUT2D eigenvalue weighted by Gasteiger charge is 2.52. The van der Waals surface area contributed by atoms with E-state index < -0.39 is 150 Å². The fourth-order valence-electron chi connectivity index (χ4n) is 10.2. The molecule has 0 aliphatic carbocycles. The molecule has 9 rings (SSSR count). The number of aromatic nitrogens is 1. The van der Waals surface area contributed by atoms with Crippen molar-refractivity contribution in [2.75, 3.05) is 19.6 Å². The van der Waals surface area contributed by atoms with Crippen LogP contribution in [0, 0.1) is 128 Å². The van der Waals surface area contributed by atoms with E-state index in [1.165, 1.54) is 41.5 Å². The molecule has 2 N–H and O–H groups in total. The summed E-state index contributed by atoms with van der Waals surface area (Å²) in [6, 6.07) is 50.9. The minimum absolute atomic E-state index is 0.590. The molecule has 25 heteroatoms. The molecule has 1 heterocycles. The van der Waals surface area contributed by atoms with Crippen molar-refractivity contribution in [2.45, 2.75) is 20.8 Å². The molecule has 0 aliphatic heterocycles. The normalized spacial score (nSPS) is 11.2. The van der Waals surface area contributed by atoms with E-state index in [-0.39, 0.29) is 0 Å². The molecule has 8 aromatic carbocycles. The summed E-state index contributed by atoms with van der Waals surface area (Å²) in [4.78, 5) is 4.44. The molecular formula is C60H41B2F20N3. The number of nitrogens with zero attached hydrogens (tertiary/aromatic N) is 1. The highest BCUT2D eigenvalue weighted by molar-refractivity contribution is 7.20. The monoisotopic (exact) mass is 1210 g/mol. The van der Waals surface area contributed by atoms with Gasteiger partial charge in [0.15, 0.2) is 82.1 Å². The smallest absolute Gasteiger partial charge is 0.281 e. The van der Waals surface area contributed by atoms with Gasteiger partial charge in [0.1, 0.15) is 58.8 Å². The van der Waals surface area contributed by atoms with Crippen molar-refractivity contribution in [2.24, 2.45) is 0 Å². The Morgan fingerprint density at radius 3 is 0.647 bits per heavy atom. The number of nitrogens with one attached hydrogen (secondary N) is 2. The molecule has 0 atom stereocenters. The summed E-state index contributed by atoms with van der Waals surface area (Å²) >= 11 is 0. The number of quaternary nitrogens is 1. The van der Waals surface area contributed by atoms with Gasteiger partial charge in [0, 0.05) is 12.1 Å². The summed E-state index contributed by atoms with van der Waals surface area (Å²) in [5.41, 5.74) is -8.38. The van der Waals surface area contributed by atoms with Crippen molar-refractivity contribution in [3.8, 4) is 6.07 Å². The summed E-state index contributed by atoms with van der Waals surface area (Å²) in [6.07, 6.45) is -6.71. The van der Waals surface area contributed by atoms with Crippen molar-refractivity contribution >= 4 is 56.0 Å². The van der Waals surface area contributed by atoms with Crippen LogP contribution in [0.25, 0.3) is 0 Å². The number of nitriles is 1. The molecule has 3 nitrogen and oxygen atoms in total. The van der Waals surface area contributed by atoms with E-state index in [1.807, 2.05) is 18.2 Å². The van der Waals surface area contributed by atoms with Crippen LogP contribution >= 0.6 is 0 Å². The van der Waals surface area contributed by atoms with Crippen molar-refractivity contribution in [3.63, 3.8) is 0 Å². The molecule has 0 spiro atoms. The molecule has 0 bridgehead atoms. The SMILES string of the molecule is CC[NH+](CC)CC.Fc1c(F)c(F)c([B-](c2c(F)c(F)c(F)c(F)c2F)(c2c(F)c(F)c(F)c(F)c2F)c2c(F)c(F)c(F)c(F)c2F)c(F)c1F.N#Cc1cccc[nH+]1.c1ccc([B-](c2ccccc2)(c2ccccc2)c2ccccc2)cc1. The molecule has 0 aliphatic rings. The van der Waals surface area contributed by atoms with Crippen LogP contribution in [0.2, 0.25) is 0 Å². The van der Waals surface area contributed by atoms with Gasteiger partial charge < -0.3 is 4.90 Å². The molecule has 0 saturated heterocycles. The number of aromatic amines is 1. The summed E-state index contributed by atoms with van der Waals surface area (Å²) < 4.78 is 294. The van der Waals surface area contributed by atoms with Gasteiger partial charge in [-0.1, -0.05) is 121 Å². The van der Waals surface area contributed by atoms with Gasteiger partial charge in [-0.3, -0.25) is 0 Å². The van der Waals surface area contributed by atoms with Crippen LogP contribution < -0.4 is 53.6 Å². The molecule has 442 valence electrons. The largest absolute Gasteiger partial charge is 0.336 e. The fourth-order valence-corrected chi connectivity index (χ4v) is 10.2. The molecule has 0 amide bonds. The summed E-state index contributed by atoms with van der Waals surface area (Å²) in [5, 5.41) is 8.26. The fraction of sp³-hybridized carbons (Fsp3) is 0.100. The third kappa shape index (κ3) is 12.0. The van der Waals surface area contributed by atoms with Gasteiger partial charge in [-0.2, -0.15) is 27.1 Å². The first-order valence-corrected chi connectivity index (χ1v) is 25.2. The van der Waals surface area contributed by atoms with Crippen molar-refractivity contribution in [1.29, 1.82) is 5.26 Å². The van der Waals surface area contributed by atoms with Crippen LogP contribution in [0.5, 0.6) is 0 Å². The Morgan fingerprint density at radius 1 is 0.294 bits per heavy atom. The Hall–Kier alpha value is -8.91. The summed E-state index contributed by atoms with van der Waals surface area (Å²) in [7, 11) is 0.